The zero-order valence-corrected chi connectivity index (χ0v) is 18.8. The smallest absolute Gasteiger partial charge is 0.191 e. The van der Waals surface area contributed by atoms with Crippen molar-refractivity contribution in [2.75, 3.05) is 59.5 Å². The van der Waals surface area contributed by atoms with E-state index >= 15 is 0 Å². The maximum absolute atomic E-state index is 5.48. The number of ether oxygens (including phenoxy) is 1. The number of hydrogen-bond acceptors (Lipinski definition) is 4. The molecule has 2 rings (SSSR count). The van der Waals surface area contributed by atoms with Gasteiger partial charge in [0.15, 0.2) is 5.96 Å². The zero-order valence-electron chi connectivity index (χ0n) is 16.5. The summed E-state index contributed by atoms with van der Waals surface area (Å²) in [6.07, 6.45) is 2.74. The van der Waals surface area contributed by atoms with Gasteiger partial charge in [0.2, 0.25) is 0 Å². The average Bonchev–Trinajstić information content (AvgIpc) is 3.42. The van der Waals surface area contributed by atoms with Crippen LogP contribution in [-0.4, -0.2) is 87.4 Å². The Morgan fingerprint density at radius 2 is 1.92 bits per heavy atom. The molecule has 1 unspecified atom stereocenters. The summed E-state index contributed by atoms with van der Waals surface area (Å²) < 4.78 is 5.48. The number of hydrogen-bond donors (Lipinski definition) is 2. The molecule has 148 valence electrons. The maximum Gasteiger partial charge on any atom is 0.191 e. The first-order valence-electron chi connectivity index (χ1n) is 9.66. The number of nitrogens with one attached hydrogen (secondary N) is 2. The fraction of sp³-hybridized carbons (Fsp3) is 0.944. The number of guanidine groups is 1. The minimum atomic E-state index is 0. The third kappa shape index (κ3) is 7.97. The Balaban J connectivity index is 0.00000312. The van der Waals surface area contributed by atoms with E-state index in [-0.39, 0.29) is 24.0 Å². The van der Waals surface area contributed by atoms with Crippen molar-refractivity contribution in [2.45, 2.75) is 45.7 Å². The molecule has 0 amide bonds. The first kappa shape index (κ1) is 22.9. The van der Waals surface area contributed by atoms with E-state index in [1.165, 1.54) is 12.8 Å². The van der Waals surface area contributed by atoms with Gasteiger partial charge in [0.25, 0.3) is 0 Å². The van der Waals surface area contributed by atoms with Gasteiger partial charge in [-0.25, -0.2) is 0 Å². The van der Waals surface area contributed by atoms with Gasteiger partial charge < -0.3 is 15.4 Å². The van der Waals surface area contributed by atoms with Gasteiger partial charge in [0, 0.05) is 51.9 Å². The van der Waals surface area contributed by atoms with Gasteiger partial charge in [-0.1, -0.05) is 20.8 Å². The van der Waals surface area contributed by atoms with Gasteiger partial charge in [0.05, 0.1) is 13.2 Å². The average molecular weight is 467 g/mol. The molecular weight excluding hydrogens is 429 g/mol. The topological polar surface area (TPSA) is 52.1 Å². The number of morpholine rings is 1. The summed E-state index contributed by atoms with van der Waals surface area (Å²) in [6, 6.07) is 1.35. The van der Waals surface area contributed by atoms with Crippen molar-refractivity contribution < 1.29 is 4.74 Å². The van der Waals surface area contributed by atoms with Gasteiger partial charge in [-0.05, 0) is 25.3 Å². The van der Waals surface area contributed by atoms with E-state index in [9.17, 15) is 0 Å². The lowest BCUT2D eigenvalue weighted by atomic mass is 10.0. The summed E-state index contributed by atoms with van der Waals surface area (Å²) in [7, 11) is 1.85. The zero-order chi connectivity index (χ0) is 17.4. The van der Waals surface area contributed by atoms with Gasteiger partial charge in [-0.15, -0.1) is 24.0 Å². The van der Waals surface area contributed by atoms with E-state index in [1.807, 2.05) is 7.05 Å². The van der Waals surface area contributed by atoms with Crippen LogP contribution < -0.4 is 10.6 Å². The van der Waals surface area contributed by atoms with Crippen molar-refractivity contribution >= 4 is 29.9 Å². The number of rotatable bonds is 9. The van der Waals surface area contributed by atoms with Crippen molar-refractivity contribution in [1.82, 2.24) is 20.4 Å². The molecule has 1 saturated heterocycles. The molecule has 1 aliphatic carbocycles. The minimum Gasteiger partial charge on any atom is -0.379 e. The fourth-order valence-electron chi connectivity index (χ4n) is 3.47. The highest BCUT2D eigenvalue weighted by atomic mass is 127. The fourth-order valence-corrected chi connectivity index (χ4v) is 3.47. The molecule has 2 N–H and O–H groups in total. The molecule has 7 heteroatoms. The van der Waals surface area contributed by atoms with Crippen LogP contribution in [-0.2, 0) is 4.74 Å². The molecule has 0 bridgehead atoms. The van der Waals surface area contributed by atoms with E-state index in [0.29, 0.717) is 12.0 Å². The summed E-state index contributed by atoms with van der Waals surface area (Å²) in [5.41, 5.74) is 0. The standard InChI is InChI=1S/C18H37N5O.HI/c1-5-22(16-6-7-16)9-8-20-18(19-4)21-14-17(15(2)3)23-10-12-24-13-11-23;/h15-17H,5-14H2,1-4H3,(H2,19,20,21);1H. The summed E-state index contributed by atoms with van der Waals surface area (Å²) in [4.78, 5) is 9.48. The van der Waals surface area contributed by atoms with Crippen molar-refractivity contribution in [3.63, 3.8) is 0 Å². The van der Waals surface area contributed by atoms with Gasteiger partial charge in [-0.2, -0.15) is 0 Å². The molecule has 2 fully saturated rings. The molecule has 25 heavy (non-hydrogen) atoms. The predicted octanol–water partition coefficient (Wildman–Crippen LogP) is 1.61. The van der Waals surface area contributed by atoms with Crippen LogP contribution in [0.25, 0.3) is 0 Å². The van der Waals surface area contributed by atoms with Crippen LogP contribution >= 0.6 is 24.0 Å². The Hall–Kier alpha value is -0.120. The molecule has 0 aromatic carbocycles. The number of likely N-dealkylation sites (N-methyl/N-ethyl adjacent to an activating group) is 1. The van der Waals surface area contributed by atoms with Gasteiger partial charge >= 0.3 is 0 Å². The maximum atomic E-state index is 5.48. The molecule has 2 aliphatic rings. The molecule has 1 saturated carbocycles. The Labute approximate surface area is 171 Å². The molecule has 1 aliphatic heterocycles. The molecular formula is C18H38IN5O. The SMILES string of the molecule is CCN(CCNC(=NC)NCC(C(C)C)N1CCOCC1)C1CC1.I. The van der Waals surface area contributed by atoms with Crippen molar-refractivity contribution in [3.8, 4) is 0 Å². The van der Waals surface area contributed by atoms with E-state index in [0.717, 1.165) is 64.5 Å². The Morgan fingerprint density at radius 3 is 2.44 bits per heavy atom. The third-order valence-corrected chi connectivity index (χ3v) is 5.15. The first-order chi connectivity index (χ1) is 11.7. The molecule has 0 spiro atoms. The van der Waals surface area contributed by atoms with Crippen LogP contribution in [0.15, 0.2) is 4.99 Å². The lowest BCUT2D eigenvalue weighted by Crippen LogP contribution is -2.53. The van der Waals surface area contributed by atoms with Crippen LogP contribution in [0, 0.1) is 5.92 Å². The van der Waals surface area contributed by atoms with Crippen LogP contribution in [0.4, 0.5) is 0 Å². The van der Waals surface area contributed by atoms with E-state index in [2.05, 4.69) is 46.2 Å². The van der Waals surface area contributed by atoms with Crippen molar-refractivity contribution in [3.05, 3.63) is 0 Å². The quantitative estimate of drug-likeness (QED) is 0.307. The Bertz CT molecular complexity index is 384. The summed E-state index contributed by atoms with van der Waals surface area (Å²) in [5, 5.41) is 6.99. The second kappa shape index (κ2) is 12.3. The molecule has 1 heterocycles. The molecule has 0 aromatic heterocycles. The summed E-state index contributed by atoms with van der Waals surface area (Å²) in [5.74, 6) is 1.53. The van der Waals surface area contributed by atoms with E-state index < -0.39 is 0 Å². The highest BCUT2D eigenvalue weighted by Crippen LogP contribution is 2.25. The first-order valence-corrected chi connectivity index (χ1v) is 9.66. The van der Waals surface area contributed by atoms with Crippen LogP contribution in [0.5, 0.6) is 0 Å². The Kier molecular flexibility index (Phi) is 11.3. The number of nitrogens with zero attached hydrogens (tertiary/aromatic N) is 3. The normalized spacial score (nSPS) is 20.5. The lowest BCUT2D eigenvalue weighted by molar-refractivity contribution is 0.00752. The predicted molar refractivity (Wildman–Crippen MR) is 116 cm³/mol. The molecule has 6 nitrogen and oxygen atoms in total. The Morgan fingerprint density at radius 1 is 1.24 bits per heavy atom. The largest absolute Gasteiger partial charge is 0.379 e. The van der Waals surface area contributed by atoms with Crippen LogP contribution in [0.2, 0.25) is 0 Å². The monoisotopic (exact) mass is 467 g/mol. The molecule has 0 aromatic rings. The molecule has 0 radical (unpaired) electrons. The van der Waals surface area contributed by atoms with Crippen molar-refractivity contribution in [1.29, 1.82) is 0 Å². The van der Waals surface area contributed by atoms with Crippen LogP contribution in [0.3, 0.4) is 0 Å². The van der Waals surface area contributed by atoms with Crippen molar-refractivity contribution in [2.24, 2.45) is 10.9 Å². The second-order valence-electron chi connectivity index (χ2n) is 7.20. The lowest BCUT2D eigenvalue weighted by Gasteiger charge is -2.37. The highest BCUT2D eigenvalue weighted by Gasteiger charge is 2.27. The van der Waals surface area contributed by atoms with Gasteiger partial charge in [-0.3, -0.25) is 14.8 Å². The highest BCUT2D eigenvalue weighted by molar-refractivity contribution is 14.0. The van der Waals surface area contributed by atoms with Gasteiger partial charge in [0.1, 0.15) is 0 Å². The van der Waals surface area contributed by atoms with Crippen LogP contribution in [0.1, 0.15) is 33.6 Å². The minimum absolute atomic E-state index is 0. The number of halogens is 1. The number of aliphatic imine (C=N–C) groups is 1. The van der Waals surface area contributed by atoms with E-state index in [4.69, 9.17) is 4.74 Å². The third-order valence-electron chi connectivity index (χ3n) is 5.15. The van der Waals surface area contributed by atoms with E-state index in [1.54, 1.807) is 0 Å². The summed E-state index contributed by atoms with van der Waals surface area (Å²) >= 11 is 0. The second-order valence-corrected chi connectivity index (χ2v) is 7.20. The summed E-state index contributed by atoms with van der Waals surface area (Å²) in [6.45, 7) is 14.7. The molecule has 1 atom stereocenters.